The van der Waals surface area contributed by atoms with Crippen molar-refractivity contribution in [3.05, 3.63) is 24.3 Å². The number of rotatable bonds is 4. The number of para-hydroxylation sites is 2. The van der Waals surface area contributed by atoms with Gasteiger partial charge in [0.1, 0.15) is 0 Å². The molecule has 1 aliphatic heterocycles. The molecule has 1 heterocycles. The van der Waals surface area contributed by atoms with Crippen LogP contribution in [0.3, 0.4) is 0 Å². The zero-order valence-corrected chi connectivity index (χ0v) is 11.8. The zero-order valence-electron chi connectivity index (χ0n) is 11.8. The van der Waals surface area contributed by atoms with E-state index in [1.807, 2.05) is 43.3 Å². The highest BCUT2D eigenvalue weighted by Crippen LogP contribution is 2.23. The Balaban J connectivity index is 1.94. The number of carbonyl (C=O) groups is 1. The van der Waals surface area contributed by atoms with Gasteiger partial charge in [-0.25, -0.2) is 0 Å². The van der Waals surface area contributed by atoms with Crippen LogP contribution in [-0.2, 0) is 4.79 Å². The maximum atomic E-state index is 12.1. The van der Waals surface area contributed by atoms with Gasteiger partial charge in [0, 0.05) is 26.6 Å². The molecule has 19 heavy (non-hydrogen) atoms. The lowest BCUT2D eigenvalue weighted by Crippen LogP contribution is -2.37. The van der Waals surface area contributed by atoms with Crippen molar-refractivity contribution >= 4 is 17.3 Å². The van der Waals surface area contributed by atoms with Crippen LogP contribution in [-0.4, -0.2) is 32.6 Å². The molecule has 0 spiro atoms. The Bertz CT molecular complexity index is 425. The molecule has 1 saturated heterocycles. The Morgan fingerprint density at radius 3 is 2.84 bits per heavy atom. The summed E-state index contributed by atoms with van der Waals surface area (Å²) in [6, 6.07) is 8.21. The monoisotopic (exact) mass is 261 g/mol. The van der Waals surface area contributed by atoms with Crippen LogP contribution in [0.5, 0.6) is 0 Å². The molecule has 1 atom stereocenters. The lowest BCUT2D eigenvalue weighted by molar-refractivity contribution is -0.116. The van der Waals surface area contributed by atoms with Gasteiger partial charge in [0.25, 0.3) is 0 Å². The Morgan fingerprint density at radius 1 is 1.37 bits per heavy atom. The maximum Gasteiger partial charge on any atom is 0.225 e. The van der Waals surface area contributed by atoms with Crippen molar-refractivity contribution < 1.29 is 4.79 Å². The van der Waals surface area contributed by atoms with Crippen molar-refractivity contribution in [2.75, 3.05) is 30.9 Å². The van der Waals surface area contributed by atoms with Gasteiger partial charge in [0.15, 0.2) is 0 Å². The van der Waals surface area contributed by atoms with Crippen molar-refractivity contribution in [3.8, 4) is 0 Å². The molecule has 104 valence electrons. The SMILES string of the molecule is CN(C)c1ccccc1NC(=O)CC1CCCCN1. The normalized spacial score (nSPS) is 18.9. The van der Waals surface area contributed by atoms with Crippen LogP contribution in [0.25, 0.3) is 0 Å². The number of carbonyl (C=O) groups excluding carboxylic acids is 1. The van der Waals surface area contributed by atoms with Crippen molar-refractivity contribution in [2.45, 2.75) is 31.7 Å². The Kier molecular flexibility index (Phi) is 4.80. The molecular formula is C15H23N3O. The second kappa shape index (κ2) is 6.57. The molecule has 0 saturated carbocycles. The lowest BCUT2D eigenvalue weighted by Gasteiger charge is -2.23. The summed E-state index contributed by atoms with van der Waals surface area (Å²) in [7, 11) is 3.96. The standard InChI is InChI=1S/C15H23N3O/c1-18(2)14-9-4-3-8-13(14)17-15(19)11-12-7-5-6-10-16-12/h3-4,8-9,12,16H,5-7,10-11H2,1-2H3,(H,17,19). The number of hydrogen-bond donors (Lipinski definition) is 2. The summed E-state index contributed by atoms with van der Waals surface area (Å²) in [6.45, 7) is 1.03. The second-order valence-electron chi connectivity index (χ2n) is 5.31. The molecule has 2 N–H and O–H groups in total. The van der Waals surface area contributed by atoms with E-state index < -0.39 is 0 Å². The first-order chi connectivity index (χ1) is 9.16. The van der Waals surface area contributed by atoms with Gasteiger partial charge in [-0.15, -0.1) is 0 Å². The zero-order chi connectivity index (χ0) is 13.7. The summed E-state index contributed by atoms with van der Waals surface area (Å²) in [5.41, 5.74) is 1.92. The predicted octanol–water partition coefficient (Wildman–Crippen LogP) is 2.22. The fourth-order valence-electron chi connectivity index (χ4n) is 2.49. The van der Waals surface area contributed by atoms with Gasteiger partial charge in [-0.3, -0.25) is 4.79 Å². The average Bonchev–Trinajstić information content (AvgIpc) is 2.40. The molecule has 4 heteroatoms. The van der Waals surface area contributed by atoms with E-state index in [-0.39, 0.29) is 5.91 Å². The molecule has 1 aromatic carbocycles. The Hall–Kier alpha value is -1.55. The first kappa shape index (κ1) is 13.9. The van der Waals surface area contributed by atoms with Gasteiger partial charge in [-0.2, -0.15) is 0 Å². The summed E-state index contributed by atoms with van der Waals surface area (Å²) in [6.07, 6.45) is 4.10. The number of nitrogens with zero attached hydrogens (tertiary/aromatic N) is 1. The molecule has 1 aromatic rings. The van der Waals surface area contributed by atoms with E-state index >= 15 is 0 Å². The number of amides is 1. The smallest absolute Gasteiger partial charge is 0.225 e. The van der Waals surface area contributed by atoms with Gasteiger partial charge in [0.2, 0.25) is 5.91 Å². The van der Waals surface area contributed by atoms with E-state index in [0.717, 1.165) is 24.3 Å². The summed E-state index contributed by atoms with van der Waals surface area (Å²) in [4.78, 5) is 14.1. The predicted molar refractivity (Wildman–Crippen MR) is 79.7 cm³/mol. The summed E-state index contributed by atoms with van der Waals surface area (Å²) >= 11 is 0. The van der Waals surface area contributed by atoms with Crippen LogP contribution in [0, 0.1) is 0 Å². The molecule has 4 nitrogen and oxygen atoms in total. The third-order valence-corrected chi connectivity index (χ3v) is 3.50. The molecular weight excluding hydrogens is 238 g/mol. The molecule has 0 bridgehead atoms. The quantitative estimate of drug-likeness (QED) is 0.873. The molecule has 1 unspecified atom stereocenters. The van der Waals surface area contributed by atoms with Gasteiger partial charge in [-0.1, -0.05) is 18.6 Å². The molecule has 1 fully saturated rings. The van der Waals surface area contributed by atoms with Crippen LogP contribution < -0.4 is 15.5 Å². The van der Waals surface area contributed by atoms with Crippen molar-refractivity contribution in [3.63, 3.8) is 0 Å². The second-order valence-corrected chi connectivity index (χ2v) is 5.31. The van der Waals surface area contributed by atoms with Gasteiger partial charge >= 0.3 is 0 Å². The number of piperidine rings is 1. The first-order valence-electron chi connectivity index (χ1n) is 6.96. The summed E-state index contributed by atoms with van der Waals surface area (Å²) in [5, 5.41) is 6.42. The molecule has 0 aromatic heterocycles. The highest BCUT2D eigenvalue weighted by Gasteiger charge is 2.17. The molecule has 1 aliphatic rings. The summed E-state index contributed by atoms with van der Waals surface area (Å²) in [5.74, 6) is 0.0914. The van der Waals surface area contributed by atoms with Gasteiger partial charge < -0.3 is 15.5 Å². The van der Waals surface area contributed by atoms with Crippen LogP contribution in [0.1, 0.15) is 25.7 Å². The molecule has 0 aliphatic carbocycles. The van der Waals surface area contributed by atoms with Crippen molar-refractivity contribution in [1.82, 2.24) is 5.32 Å². The highest BCUT2D eigenvalue weighted by molar-refractivity contribution is 5.94. The van der Waals surface area contributed by atoms with Crippen LogP contribution >= 0.6 is 0 Å². The minimum atomic E-state index is 0.0914. The molecule has 0 radical (unpaired) electrons. The molecule has 1 amide bonds. The van der Waals surface area contributed by atoms with Gasteiger partial charge in [-0.05, 0) is 31.5 Å². The fraction of sp³-hybridized carbons (Fsp3) is 0.533. The average molecular weight is 261 g/mol. The fourth-order valence-corrected chi connectivity index (χ4v) is 2.49. The lowest BCUT2D eigenvalue weighted by atomic mass is 10.0. The topological polar surface area (TPSA) is 44.4 Å². The highest BCUT2D eigenvalue weighted by atomic mass is 16.1. The number of benzene rings is 1. The van der Waals surface area contributed by atoms with Crippen molar-refractivity contribution in [2.24, 2.45) is 0 Å². The van der Waals surface area contributed by atoms with E-state index in [1.165, 1.54) is 12.8 Å². The van der Waals surface area contributed by atoms with Gasteiger partial charge in [0.05, 0.1) is 11.4 Å². The molecule has 2 rings (SSSR count). The minimum absolute atomic E-state index is 0.0914. The van der Waals surface area contributed by atoms with E-state index in [2.05, 4.69) is 10.6 Å². The van der Waals surface area contributed by atoms with E-state index in [4.69, 9.17) is 0 Å². The Labute approximate surface area is 115 Å². The third kappa shape index (κ3) is 3.96. The van der Waals surface area contributed by atoms with Crippen LogP contribution in [0.4, 0.5) is 11.4 Å². The number of hydrogen-bond acceptors (Lipinski definition) is 3. The number of nitrogens with one attached hydrogen (secondary N) is 2. The largest absolute Gasteiger partial charge is 0.376 e. The maximum absolute atomic E-state index is 12.1. The van der Waals surface area contributed by atoms with Crippen LogP contribution in [0.15, 0.2) is 24.3 Å². The van der Waals surface area contributed by atoms with Crippen molar-refractivity contribution in [1.29, 1.82) is 0 Å². The van der Waals surface area contributed by atoms with E-state index in [0.29, 0.717) is 12.5 Å². The van der Waals surface area contributed by atoms with E-state index in [1.54, 1.807) is 0 Å². The first-order valence-corrected chi connectivity index (χ1v) is 6.96. The minimum Gasteiger partial charge on any atom is -0.376 e. The number of anilines is 2. The summed E-state index contributed by atoms with van der Waals surface area (Å²) < 4.78 is 0. The third-order valence-electron chi connectivity index (χ3n) is 3.50. The Morgan fingerprint density at radius 2 is 2.16 bits per heavy atom. The van der Waals surface area contributed by atoms with Crippen LogP contribution in [0.2, 0.25) is 0 Å². The van der Waals surface area contributed by atoms with E-state index in [9.17, 15) is 4.79 Å².